The lowest BCUT2D eigenvalue weighted by molar-refractivity contribution is -0.261. The summed E-state index contributed by atoms with van der Waals surface area (Å²) >= 11 is 0. The van der Waals surface area contributed by atoms with Crippen molar-refractivity contribution in [2.75, 3.05) is 0 Å². The quantitative estimate of drug-likeness (QED) is 0.422. The normalized spacial score (nSPS) is 52.6. The van der Waals surface area contributed by atoms with Gasteiger partial charge < -0.3 is 20.1 Å². The van der Waals surface area contributed by atoms with Crippen LogP contribution in [0.3, 0.4) is 0 Å². The molecular formula is C6H11FO4. The van der Waals surface area contributed by atoms with Crippen LogP contribution in [0.15, 0.2) is 0 Å². The highest BCUT2D eigenvalue weighted by Crippen LogP contribution is 2.21. The van der Waals surface area contributed by atoms with E-state index in [1.165, 1.54) is 6.92 Å². The van der Waals surface area contributed by atoms with E-state index in [1.807, 2.05) is 0 Å². The first-order valence-corrected chi connectivity index (χ1v) is 3.37. The van der Waals surface area contributed by atoms with E-state index in [0.29, 0.717) is 0 Å². The van der Waals surface area contributed by atoms with Gasteiger partial charge in [-0.15, -0.1) is 0 Å². The van der Waals surface area contributed by atoms with Crippen LogP contribution in [0.25, 0.3) is 0 Å². The number of hydrogen-bond acceptors (Lipinski definition) is 4. The van der Waals surface area contributed by atoms with Crippen LogP contribution < -0.4 is 0 Å². The van der Waals surface area contributed by atoms with E-state index >= 15 is 0 Å². The average Bonchev–Trinajstić information content (AvgIpc) is 1.97. The maximum Gasteiger partial charge on any atom is 0.189 e. The summed E-state index contributed by atoms with van der Waals surface area (Å²) in [6.07, 6.45) is -7.14. The maximum atomic E-state index is 12.6. The fourth-order valence-corrected chi connectivity index (χ4v) is 1.01. The Labute approximate surface area is 63.2 Å². The van der Waals surface area contributed by atoms with E-state index in [9.17, 15) is 4.39 Å². The number of aliphatic hydroxyl groups is 3. The molecule has 0 radical (unpaired) electrons. The van der Waals surface area contributed by atoms with Crippen molar-refractivity contribution >= 4 is 0 Å². The van der Waals surface area contributed by atoms with Crippen molar-refractivity contribution < 1.29 is 24.4 Å². The molecule has 0 unspecified atom stereocenters. The Morgan fingerprint density at radius 1 is 1.18 bits per heavy atom. The third-order valence-corrected chi connectivity index (χ3v) is 1.78. The number of halogens is 1. The predicted molar refractivity (Wildman–Crippen MR) is 33.5 cm³/mol. The fraction of sp³-hybridized carbons (Fsp3) is 1.00. The molecule has 66 valence electrons. The van der Waals surface area contributed by atoms with Gasteiger partial charge in [-0.2, -0.15) is 0 Å². The number of rotatable bonds is 0. The minimum atomic E-state index is -1.93. The van der Waals surface area contributed by atoms with Crippen molar-refractivity contribution in [2.45, 2.75) is 37.7 Å². The first kappa shape index (κ1) is 8.86. The highest BCUT2D eigenvalue weighted by molar-refractivity contribution is 4.86. The minimum Gasteiger partial charge on any atom is -0.388 e. The Balaban J connectivity index is 2.63. The second-order valence-corrected chi connectivity index (χ2v) is 2.66. The van der Waals surface area contributed by atoms with Crippen molar-refractivity contribution in [1.82, 2.24) is 0 Å². The molecule has 1 saturated heterocycles. The van der Waals surface area contributed by atoms with Crippen LogP contribution in [0.4, 0.5) is 4.39 Å². The van der Waals surface area contributed by atoms with Gasteiger partial charge in [0.1, 0.15) is 12.2 Å². The molecule has 0 spiro atoms. The van der Waals surface area contributed by atoms with Crippen LogP contribution in [0.5, 0.6) is 0 Å². The molecule has 0 aromatic rings. The Bertz CT molecular complexity index is 129. The summed E-state index contributed by atoms with van der Waals surface area (Å²) in [4.78, 5) is 0. The van der Waals surface area contributed by atoms with E-state index in [4.69, 9.17) is 15.3 Å². The maximum absolute atomic E-state index is 12.6. The largest absolute Gasteiger partial charge is 0.388 e. The second-order valence-electron chi connectivity index (χ2n) is 2.66. The second kappa shape index (κ2) is 3.02. The first-order valence-electron chi connectivity index (χ1n) is 3.37. The van der Waals surface area contributed by atoms with E-state index < -0.39 is 30.8 Å². The molecule has 1 aliphatic heterocycles. The zero-order chi connectivity index (χ0) is 8.59. The predicted octanol–water partition coefficient (Wildman–Crippen LogP) is -1.22. The molecule has 0 aliphatic carbocycles. The highest BCUT2D eigenvalue weighted by atomic mass is 19.1. The van der Waals surface area contributed by atoms with Crippen LogP contribution in [-0.2, 0) is 4.74 Å². The molecule has 1 aliphatic rings. The van der Waals surface area contributed by atoms with Crippen molar-refractivity contribution in [1.29, 1.82) is 0 Å². The van der Waals surface area contributed by atoms with Crippen LogP contribution >= 0.6 is 0 Å². The van der Waals surface area contributed by atoms with Gasteiger partial charge in [-0.3, -0.25) is 0 Å². The van der Waals surface area contributed by atoms with E-state index in [-0.39, 0.29) is 0 Å². The van der Waals surface area contributed by atoms with Crippen LogP contribution in [-0.4, -0.2) is 46.1 Å². The van der Waals surface area contributed by atoms with Crippen molar-refractivity contribution in [2.24, 2.45) is 0 Å². The van der Waals surface area contributed by atoms with Gasteiger partial charge >= 0.3 is 0 Å². The SMILES string of the molecule is C[C@@H]1O[C@H](O)[C@H](F)[C@H](O)[C@@H]1O. The lowest BCUT2D eigenvalue weighted by Gasteiger charge is -2.35. The highest BCUT2D eigenvalue weighted by Gasteiger charge is 2.42. The number of hydrogen-bond donors (Lipinski definition) is 3. The number of ether oxygens (including phenoxy) is 1. The van der Waals surface area contributed by atoms with Gasteiger partial charge in [0.2, 0.25) is 0 Å². The summed E-state index contributed by atoms with van der Waals surface area (Å²) in [5.41, 5.74) is 0. The lowest BCUT2D eigenvalue weighted by atomic mass is 10.0. The van der Waals surface area contributed by atoms with Crippen molar-refractivity contribution in [3.05, 3.63) is 0 Å². The number of alkyl halides is 1. The molecule has 3 N–H and O–H groups in total. The van der Waals surface area contributed by atoms with Gasteiger partial charge in [0, 0.05) is 0 Å². The van der Waals surface area contributed by atoms with Crippen molar-refractivity contribution in [3.63, 3.8) is 0 Å². The Kier molecular flexibility index (Phi) is 2.43. The molecular weight excluding hydrogens is 155 g/mol. The third-order valence-electron chi connectivity index (χ3n) is 1.78. The summed E-state index contributed by atoms with van der Waals surface area (Å²) in [6, 6.07) is 0. The van der Waals surface area contributed by atoms with Crippen LogP contribution in [0.1, 0.15) is 6.92 Å². The standard InChI is InChI=1S/C6H11FO4/c1-2-4(8)5(9)3(7)6(10)11-2/h2-6,8-10H,1H3/t2-,3+,4+,5-,6-/m0/s1. The van der Waals surface area contributed by atoms with Crippen LogP contribution in [0.2, 0.25) is 0 Å². The van der Waals surface area contributed by atoms with Gasteiger partial charge in [-0.25, -0.2) is 4.39 Å². The molecule has 1 fully saturated rings. The number of aliphatic hydroxyl groups excluding tert-OH is 3. The molecule has 0 bridgehead atoms. The fourth-order valence-electron chi connectivity index (χ4n) is 1.01. The molecule has 5 atom stereocenters. The van der Waals surface area contributed by atoms with Gasteiger partial charge in [0.15, 0.2) is 12.5 Å². The zero-order valence-corrected chi connectivity index (χ0v) is 6.01. The zero-order valence-electron chi connectivity index (χ0n) is 6.01. The first-order chi connectivity index (χ1) is 5.04. The smallest absolute Gasteiger partial charge is 0.189 e. The summed E-state index contributed by atoms with van der Waals surface area (Å²) < 4.78 is 17.2. The molecule has 5 heteroatoms. The van der Waals surface area contributed by atoms with E-state index in [0.717, 1.165) is 0 Å². The van der Waals surface area contributed by atoms with Gasteiger partial charge in [-0.05, 0) is 6.92 Å². The molecule has 0 aromatic heterocycles. The Morgan fingerprint density at radius 2 is 1.73 bits per heavy atom. The molecule has 0 saturated carbocycles. The van der Waals surface area contributed by atoms with Gasteiger partial charge in [0.05, 0.1) is 6.10 Å². The summed E-state index contributed by atoms with van der Waals surface area (Å²) in [6.45, 7) is 1.45. The summed E-state index contributed by atoms with van der Waals surface area (Å²) in [7, 11) is 0. The Morgan fingerprint density at radius 3 is 2.27 bits per heavy atom. The molecule has 1 heterocycles. The van der Waals surface area contributed by atoms with E-state index in [1.54, 1.807) is 0 Å². The van der Waals surface area contributed by atoms with Gasteiger partial charge in [0.25, 0.3) is 0 Å². The topological polar surface area (TPSA) is 69.9 Å². The molecule has 4 nitrogen and oxygen atoms in total. The van der Waals surface area contributed by atoms with Crippen molar-refractivity contribution in [3.8, 4) is 0 Å². The molecule has 1 rings (SSSR count). The summed E-state index contributed by atoms with van der Waals surface area (Å²) in [5.74, 6) is 0. The summed E-state index contributed by atoms with van der Waals surface area (Å²) in [5, 5.41) is 26.7. The third kappa shape index (κ3) is 1.51. The molecule has 11 heavy (non-hydrogen) atoms. The van der Waals surface area contributed by atoms with Gasteiger partial charge in [-0.1, -0.05) is 0 Å². The molecule has 0 amide bonds. The Hall–Kier alpha value is -0.230. The average molecular weight is 166 g/mol. The monoisotopic (exact) mass is 166 g/mol. The van der Waals surface area contributed by atoms with E-state index in [2.05, 4.69) is 4.74 Å². The molecule has 0 aromatic carbocycles. The minimum absolute atomic E-state index is 0.744. The lowest BCUT2D eigenvalue weighted by Crippen LogP contribution is -2.54. The van der Waals surface area contributed by atoms with Crippen LogP contribution in [0, 0.1) is 0 Å².